The highest BCUT2D eigenvalue weighted by atomic mass is 16.6. The minimum absolute atomic E-state index is 0.0453. The van der Waals surface area contributed by atoms with Crippen molar-refractivity contribution >= 4 is 11.9 Å². The molecular formula is C24H36O4. The molecule has 156 valence electrons. The first-order valence-corrected chi connectivity index (χ1v) is 11.0. The smallest absolute Gasteiger partial charge is 0.310 e. The highest BCUT2D eigenvalue weighted by Gasteiger charge is 2.66. The van der Waals surface area contributed by atoms with Gasteiger partial charge < -0.3 is 9.47 Å². The van der Waals surface area contributed by atoms with Gasteiger partial charge in [0.25, 0.3) is 0 Å². The van der Waals surface area contributed by atoms with E-state index >= 15 is 0 Å². The van der Waals surface area contributed by atoms with Crippen molar-refractivity contribution in [2.45, 2.75) is 78.7 Å². The van der Waals surface area contributed by atoms with Crippen molar-refractivity contribution < 1.29 is 19.1 Å². The zero-order valence-electron chi connectivity index (χ0n) is 18.2. The molecule has 28 heavy (non-hydrogen) atoms. The van der Waals surface area contributed by atoms with Gasteiger partial charge in [-0.15, -0.1) is 0 Å². The Morgan fingerprint density at radius 1 is 1.21 bits per heavy atom. The maximum Gasteiger partial charge on any atom is 0.310 e. The number of fused-ring (bicyclic) bond motifs is 2. The molecule has 0 aromatic rings. The summed E-state index contributed by atoms with van der Waals surface area (Å²) in [7, 11) is 1.40. The lowest BCUT2D eigenvalue weighted by atomic mass is 9.43. The molecule has 4 rings (SSSR count). The second-order valence-corrected chi connectivity index (χ2v) is 10.9. The lowest BCUT2D eigenvalue weighted by Crippen LogP contribution is -2.64. The van der Waals surface area contributed by atoms with Gasteiger partial charge in [-0.1, -0.05) is 39.8 Å². The van der Waals surface area contributed by atoms with Gasteiger partial charge in [0.05, 0.1) is 18.9 Å². The standard InChI is InChI=1S/C24H36O4/c1-14-8-7-9-17-23(14,4)11-10-15(2)24(17,5)18-13-22(3)12-16(20(25)27-6)19(22)21(26)28-18/h15-19H,1,7-13H2,2-6H3/t15-,16+,17+,18+,19-,22+,23+,24+/m1/s1. The van der Waals surface area contributed by atoms with Gasteiger partial charge in [0, 0.05) is 5.41 Å². The molecule has 0 radical (unpaired) electrons. The number of allylic oxidation sites excluding steroid dienone is 1. The van der Waals surface area contributed by atoms with Crippen LogP contribution < -0.4 is 0 Å². The first kappa shape index (κ1) is 20.0. The van der Waals surface area contributed by atoms with Gasteiger partial charge in [-0.3, -0.25) is 9.59 Å². The Morgan fingerprint density at radius 3 is 2.57 bits per heavy atom. The number of carbonyl (C=O) groups is 2. The van der Waals surface area contributed by atoms with E-state index in [-0.39, 0.29) is 46.1 Å². The number of cyclic esters (lactones) is 1. The number of esters is 2. The quantitative estimate of drug-likeness (QED) is 0.498. The Morgan fingerprint density at radius 2 is 1.93 bits per heavy atom. The summed E-state index contributed by atoms with van der Waals surface area (Å²) in [5.74, 6) is -0.126. The van der Waals surface area contributed by atoms with Crippen molar-refractivity contribution in [1.29, 1.82) is 0 Å². The third-order valence-corrected chi connectivity index (χ3v) is 9.66. The molecule has 0 unspecified atom stereocenters. The van der Waals surface area contributed by atoms with E-state index in [1.807, 2.05) is 0 Å². The molecule has 4 heteroatoms. The van der Waals surface area contributed by atoms with Crippen molar-refractivity contribution in [2.24, 2.45) is 39.9 Å². The Kier molecular flexibility index (Phi) is 4.52. The maximum atomic E-state index is 13.1. The van der Waals surface area contributed by atoms with Crippen LogP contribution in [0.25, 0.3) is 0 Å². The molecule has 4 aliphatic rings. The van der Waals surface area contributed by atoms with Crippen LogP contribution >= 0.6 is 0 Å². The zero-order chi connectivity index (χ0) is 20.5. The molecule has 0 bridgehead atoms. The lowest BCUT2D eigenvalue weighted by Gasteiger charge is -2.64. The summed E-state index contributed by atoms with van der Waals surface area (Å²) in [5.41, 5.74) is 1.34. The maximum absolute atomic E-state index is 13.1. The Balaban J connectivity index is 1.64. The number of ether oxygens (including phenoxy) is 2. The largest absolute Gasteiger partial charge is 0.469 e. The number of carbonyl (C=O) groups excluding carboxylic acids is 2. The van der Waals surface area contributed by atoms with Crippen LogP contribution in [-0.2, 0) is 19.1 Å². The van der Waals surface area contributed by atoms with Gasteiger partial charge in [-0.2, -0.15) is 0 Å². The van der Waals surface area contributed by atoms with E-state index in [2.05, 4.69) is 34.3 Å². The van der Waals surface area contributed by atoms with Crippen LogP contribution in [-0.4, -0.2) is 25.2 Å². The number of hydrogen-bond acceptors (Lipinski definition) is 4. The summed E-state index contributed by atoms with van der Waals surface area (Å²) in [6.07, 6.45) is 7.36. The van der Waals surface area contributed by atoms with Gasteiger partial charge in [0.1, 0.15) is 6.10 Å². The Bertz CT molecular complexity index is 713. The van der Waals surface area contributed by atoms with E-state index < -0.39 is 0 Å². The van der Waals surface area contributed by atoms with Crippen molar-refractivity contribution in [2.75, 3.05) is 7.11 Å². The first-order valence-electron chi connectivity index (χ1n) is 11.0. The first-order chi connectivity index (χ1) is 13.1. The molecule has 8 atom stereocenters. The van der Waals surface area contributed by atoms with Crippen LogP contribution in [0.15, 0.2) is 12.2 Å². The van der Waals surface area contributed by atoms with E-state index in [1.54, 1.807) is 0 Å². The molecule has 0 spiro atoms. The van der Waals surface area contributed by atoms with Crippen LogP contribution in [0.3, 0.4) is 0 Å². The third-order valence-electron chi connectivity index (χ3n) is 9.66. The fourth-order valence-electron chi connectivity index (χ4n) is 7.56. The number of hydrogen-bond donors (Lipinski definition) is 0. The molecule has 1 aliphatic heterocycles. The molecule has 3 saturated carbocycles. The third kappa shape index (κ3) is 2.48. The Hall–Kier alpha value is -1.32. The molecule has 1 heterocycles. The van der Waals surface area contributed by atoms with Crippen molar-refractivity contribution in [3.8, 4) is 0 Å². The second kappa shape index (κ2) is 6.34. The summed E-state index contributed by atoms with van der Waals surface area (Å²) in [6, 6.07) is 0. The highest BCUT2D eigenvalue weighted by Crippen LogP contribution is 2.66. The van der Waals surface area contributed by atoms with E-state index in [9.17, 15) is 9.59 Å². The topological polar surface area (TPSA) is 52.6 Å². The minimum Gasteiger partial charge on any atom is -0.469 e. The fourth-order valence-corrected chi connectivity index (χ4v) is 7.56. The summed E-state index contributed by atoms with van der Waals surface area (Å²) >= 11 is 0. The molecular weight excluding hydrogens is 352 g/mol. The minimum atomic E-state index is -0.341. The lowest BCUT2D eigenvalue weighted by molar-refractivity contribution is -0.230. The van der Waals surface area contributed by atoms with Crippen molar-refractivity contribution in [1.82, 2.24) is 0 Å². The van der Waals surface area contributed by atoms with Gasteiger partial charge >= 0.3 is 11.9 Å². The second-order valence-electron chi connectivity index (χ2n) is 10.9. The average Bonchev–Trinajstić information content (AvgIpc) is 2.63. The fraction of sp³-hybridized carbons (Fsp3) is 0.833. The van der Waals surface area contributed by atoms with Crippen molar-refractivity contribution in [3.05, 3.63) is 12.2 Å². The molecule has 0 aromatic carbocycles. The van der Waals surface area contributed by atoms with E-state index in [0.29, 0.717) is 11.8 Å². The summed E-state index contributed by atoms with van der Waals surface area (Å²) in [6.45, 7) is 13.7. The normalized spacial score (nSPS) is 50.7. The van der Waals surface area contributed by atoms with Crippen LogP contribution in [0.5, 0.6) is 0 Å². The summed E-state index contributed by atoms with van der Waals surface area (Å²) < 4.78 is 11.1. The van der Waals surface area contributed by atoms with Crippen LogP contribution in [0.4, 0.5) is 0 Å². The van der Waals surface area contributed by atoms with E-state index in [4.69, 9.17) is 9.47 Å². The molecule has 4 nitrogen and oxygen atoms in total. The molecule has 0 amide bonds. The summed E-state index contributed by atoms with van der Waals surface area (Å²) in [4.78, 5) is 25.1. The van der Waals surface area contributed by atoms with Crippen LogP contribution in [0, 0.1) is 39.9 Å². The molecule has 0 N–H and O–H groups in total. The summed E-state index contributed by atoms with van der Waals surface area (Å²) in [5, 5.41) is 0. The predicted molar refractivity (Wildman–Crippen MR) is 107 cm³/mol. The molecule has 4 fully saturated rings. The van der Waals surface area contributed by atoms with Crippen LogP contribution in [0.1, 0.15) is 72.6 Å². The Labute approximate surface area is 169 Å². The van der Waals surface area contributed by atoms with Gasteiger partial charge in [0.15, 0.2) is 0 Å². The van der Waals surface area contributed by atoms with Gasteiger partial charge in [-0.05, 0) is 67.6 Å². The zero-order valence-corrected chi connectivity index (χ0v) is 18.2. The molecule has 0 aromatic heterocycles. The molecule has 3 aliphatic carbocycles. The monoisotopic (exact) mass is 388 g/mol. The average molecular weight is 389 g/mol. The molecule has 1 saturated heterocycles. The van der Waals surface area contributed by atoms with E-state index in [1.165, 1.54) is 31.9 Å². The number of methoxy groups -OCH3 is 1. The van der Waals surface area contributed by atoms with Crippen molar-refractivity contribution in [3.63, 3.8) is 0 Å². The SMILES string of the molecule is C=C1CCC[C@@H]2[C@@](C)([C@@H]3C[C@]4(C)C[C@H](C(=O)OC)[C@@H]4C(=O)O3)[C@H](C)CC[C@@]12C. The predicted octanol–water partition coefficient (Wildman–Crippen LogP) is 4.92. The van der Waals surface area contributed by atoms with Crippen LogP contribution in [0.2, 0.25) is 0 Å². The number of rotatable bonds is 2. The highest BCUT2D eigenvalue weighted by molar-refractivity contribution is 5.85. The van der Waals surface area contributed by atoms with Gasteiger partial charge in [0.2, 0.25) is 0 Å². The van der Waals surface area contributed by atoms with E-state index in [0.717, 1.165) is 25.7 Å². The van der Waals surface area contributed by atoms with Gasteiger partial charge in [-0.25, -0.2) is 0 Å².